The lowest BCUT2D eigenvalue weighted by Gasteiger charge is -2.35. The van der Waals surface area contributed by atoms with Crippen LogP contribution in [-0.4, -0.2) is 59.0 Å². The molecule has 0 aromatic heterocycles. The number of aliphatic hydroxyl groups is 1. The van der Waals surface area contributed by atoms with Gasteiger partial charge in [-0.2, -0.15) is 0 Å². The standard InChI is InChI=1S/C13H22N2O3/c1-9(16)11(17)14-4-6-15(7-5-14)12(18)10-8-13(10,2)3/h9-10,16H,4-8H2,1-3H3. The number of hydrogen-bond donors (Lipinski definition) is 1. The summed E-state index contributed by atoms with van der Waals surface area (Å²) in [6.07, 6.45) is 0.0215. The van der Waals surface area contributed by atoms with E-state index in [1.54, 1.807) is 4.90 Å². The molecule has 2 aliphatic rings. The van der Waals surface area contributed by atoms with E-state index in [4.69, 9.17) is 0 Å². The van der Waals surface area contributed by atoms with Crippen molar-refractivity contribution in [2.45, 2.75) is 33.3 Å². The number of carbonyl (C=O) groups is 2. The molecule has 2 unspecified atom stereocenters. The molecular weight excluding hydrogens is 232 g/mol. The molecule has 0 radical (unpaired) electrons. The fourth-order valence-corrected chi connectivity index (χ4v) is 2.52. The van der Waals surface area contributed by atoms with Gasteiger partial charge in [-0.3, -0.25) is 9.59 Å². The lowest BCUT2D eigenvalue weighted by atomic mass is 10.1. The second-order valence-electron chi connectivity index (χ2n) is 6.07. The van der Waals surface area contributed by atoms with Gasteiger partial charge in [0.1, 0.15) is 6.10 Å². The SMILES string of the molecule is CC(O)C(=O)N1CCN(C(=O)C2CC2(C)C)CC1. The summed E-state index contributed by atoms with van der Waals surface area (Å²) in [5.41, 5.74) is 0.156. The van der Waals surface area contributed by atoms with Gasteiger partial charge in [0.15, 0.2) is 0 Å². The van der Waals surface area contributed by atoms with Crippen molar-refractivity contribution in [3.8, 4) is 0 Å². The quantitative estimate of drug-likeness (QED) is 0.759. The summed E-state index contributed by atoms with van der Waals surface area (Å²) in [6, 6.07) is 0. The van der Waals surface area contributed by atoms with Crippen molar-refractivity contribution < 1.29 is 14.7 Å². The number of piperazine rings is 1. The highest BCUT2D eigenvalue weighted by molar-refractivity contribution is 5.83. The average Bonchev–Trinajstić information content (AvgIpc) is 2.96. The minimum absolute atomic E-state index is 0.156. The fraction of sp³-hybridized carbons (Fsp3) is 0.846. The van der Waals surface area contributed by atoms with Crippen molar-refractivity contribution >= 4 is 11.8 Å². The molecule has 0 spiro atoms. The molecule has 0 aromatic rings. The molecule has 5 heteroatoms. The molecule has 0 aromatic carbocycles. The van der Waals surface area contributed by atoms with E-state index in [0.717, 1.165) is 6.42 Å². The molecule has 2 rings (SSSR count). The van der Waals surface area contributed by atoms with Crippen LogP contribution in [0.5, 0.6) is 0 Å². The van der Waals surface area contributed by atoms with Gasteiger partial charge >= 0.3 is 0 Å². The first-order valence-corrected chi connectivity index (χ1v) is 6.58. The van der Waals surface area contributed by atoms with Crippen LogP contribution in [0.2, 0.25) is 0 Å². The van der Waals surface area contributed by atoms with Crippen molar-refractivity contribution in [1.82, 2.24) is 9.80 Å². The van der Waals surface area contributed by atoms with Crippen LogP contribution < -0.4 is 0 Å². The van der Waals surface area contributed by atoms with Gasteiger partial charge in [0, 0.05) is 32.1 Å². The van der Waals surface area contributed by atoms with E-state index in [2.05, 4.69) is 13.8 Å². The Morgan fingerprint density at radius 1 is 1.17 bits per heavy atom. The first kappa shape index (κ1) is 13.3. The van der Waals surface area contributed by atoms with E-state index >= 15 is 0 Å². The molecule has 2 atom stereocenters. The van der Waals surface area contributed by atoms with Crippen LogP contribution in [-0.2, 0) is 9.59 Å². The number of hydrogen-bond acceptors (Lipinski definition) is 3. The van der Waals surface area contributed by atoms with Crippen LogP contribution in [0.25, 0.3) is 0 Å². The smallest absolute Gasteiger partial charge is 0.251 e. The molecule has 2 amide bonds. The Bertz CT molecular complexity index is 357. The summed E-state index contributed by atoms with van der Waals surface area (Å²) in [7, 11) is 0. The molecule has 1 N–H and O–H groups in total. The van der Waals surface area contributed by atoms with E-state index in [1.165, 1.54) is 6.92 Å². The maximum atomic E-state index is 12.2. The van der Waals surface area contributed by atoms with Crippen molar-refractivity contribution in [3.05, 3.63) is 0 Å². The molecule has 1 saturated heterocycles. The largest absolute Gasteiger partial charge is 0.384 e. The first-order valence-electron chi connectivity index (χ1n) is 6.58. The Balaban J connectivity index is 1.84. The third kappa shape index (κ3) is 2.51. The Hall–Kier alpha value is -1.10. The first-order chi connectivity index (χ1) is 8.33. The maximum absolute atomic E-state index is 12.2. The van der Waals surface area contributed by atoms with E-state index in [0.29, 0.717) is 26.2 Å². The van der Waals surface area contributed by atoms with Crippen LogP contribution in [0.15, 0.2) is 0 Å². The monoisotopic (exact) mass is 254 g/mol. The number of amides is 2. The molecule has 0 bridgehead atoms. The van der Waals surface area contributed by atoms with Crippen LogP contribution in [0, 0.1) is 11.3 Å². The van der Waals surface area contributed by atoms with Gasteiger partial charge in [-0.05, 0) is 18.8 Å². The van der Waals surface area contributed by atoms with Gasteiger partial charge in [-0.15, -0.1) is 0 Å². The minimum atomic E-state index is -0.949. The second kappa shape index (κ2) is 4.53. The van der Waals surface area contributed by atoms with Gasteiger partial charge in [0.25, 0.3) is 5.91 Å². The highest BCUT2D eigenvalue weighted by Crippen LogP contribution is 2.52. The lowest BCUT2D eigenvalue weighted by molar-refractivity contribution is -0.145. The van der Waals surface area contributed by atoms with Crippen LogP contribution in [0.1, 0.15) is 27.2 Å². The van der Waals surface area contributed by atoms with Gasteiger partial charge in [0.2, 0.25) is 5.91 Å². The highest BCUT2D eigenvalue weighted by Gasteiger charge is 2.52. The van der Waals surface area contributed by atoms with Gasteiger partial charge in [-0.25, -0.2) is 0 Å². The fourth-order valence-electron chi connectivity index (χ4n) is 2.52. The number of rotatable bonds is 2. The predicted molar refractivity (Wildman–Crippen MR) is 66.7 cm³/mol. The molecular formula is C13H22N2O3. The van der Waals surface area contributed by atoms with Gasteiger partial charge < -0.3 is 14.9 Å². The van der Waals surface area contributed by atoms with E-state index in [9.17, 15) is 14.7 Å². The van der Waals surface area contributed by atoms with Crippen molar-refractivity contribution in [3.63, 3.8) is 0 Å². The zero-order valence-electron chi connectivity index (χ0n) is 11.3. The number of aliphatic hydroxyl groups excluding tert-OH is 1. The molecule has 1 saturated carbocycles. The Morgan fingerprint density at radius 2 is 1.61 bits per heavy atom. The summed E-state index contributed by atoms with van der Waals surface area (Å²) in [5.74, 6) is 0.148. The second-order valence-corrected chi connectivity index (χ2v) is 6.07. The average molecular weight is 254 g/mol. The van der Waals surface area contributed by atoms with E-state index in [1.807, 2.05) is 4.90 Å². The third-order valence-corrected chi connectivity index (χ3v) is 4.07. The van der Waals surface area contributed by atoms with Crippen LogP contribution in [0.3, 0.4) is 0 Å². The van der Waals surface area contributed by atoms with Crippen LogP contribution >= 0.6 is 0 Å². The van der Waals surface area contributed by atoms with Crippen molar-refractivity contribution in [1.29, 1.82) is 0 Å². The van der Waals surface area contributed by atoms with Crippen LogP contribution in [0.4, 0.5) is 0 Å². The Kier molecular flexibility index (Phi) is 3.36. The molecule has 1 aliphatic heterocycles. The summed E-state index contributed by atoms with van der Waals surface area (Å²) < 4.78 is 0. The third-order valence-electron chi connectivity index (χ3n) is 4.07. The zero-order chi connectivity index (χ0) is 13.5. The molecule has 5 nitrogen and oxygen atoms in total. The maximum Gasteiger partial charge on any atom is 0.251 e. The summed E-state index contributed by atoms with van der Waals surface area (Å²) >= 11 is 0. The molecule has 102 valence electrons. The normalized spacial score (nSPS) is 27.9. The molecule has 1 aliphatic carbocycles. The predicted octanol–water partition coefficient (Wildman–Crippen LogP) is 0.0841. The van der Waals surface area contributed by atoms with Gasteiger partial charge in [0.05, 0.1) is 0 Å². The lowest BCUT2D eigenvalue weighted by Crippen LogP contribution is -2.53. The van der Waals surface area contributed by atoms with Gasteiger partial charge in [-0.1, -0.05) is 13.8 Å². The van der Waals surface area contributed by atoms with Crippen molar-refractivity contribution in [2.24, 2.45) is 11.3 Å². The zero-order valence-corrected chi connectivity index (χ0v) is 11.3. The topological polar surface area (TPSA) is 60.9 Å². The summed E-state index contributed by atoms with van der Waals surface area (Å²) in [4.78, 5) is 27.2. The minimum Gasteiger partial charge on any atom is -0.384 e. The summed E-state index contributed by atoms with van der Waals surface area (Å²) in [6.45, 7) is 7.94. The molecule has 18 heavy (non-hydrogen) atoms. The van der Waals surface area contributed by atoms with Crippen molar-refractivity contribution in [2.75, 3.05) is 26.2 Å². The Labute approximate surface area is 108 Å². The van der Waals surface area contributed by atoms with E-state index in [-0.39, 0.29) is 23.1 Å². The molecule has 1 heterocycles. The molecule has 2 fully saturated rings. The van der Waals surface area contributed by atoms with E-state index < -0.39 is 6.10 Å². The number of carbonyl (C=O) groups excluding carboxylic acids is 2. The summed E-state index contributed by atoms with van der Waals surface area (Å²) in [5, 5.41) is 9.24. The number of nitrogens with zero attached hydrogens (tertiary/aromatic N) is 2. The highest BCUT2D eigenvalue weighted by atomic mass is 16.3. The Morgan fingerprint density at radius 3 is 2.00 bits per heavy atom.